The molecule has 6 nitrogen and oxygen atoms in total. The molecule has 0 spiro atoms. The lowest BCUT2D eigenvalue weighted by Gasteiger charge is -2.35. The molecule has 0 heterocycles. The van der Waals surface area contributed by atoms with Crippen molar-refractivity contribution < 1.29 is 17.9 Å². The van der Waals surface area contributed by atoms with Gasteiger partial charge in [0.2, 0.25) is 0 Å². The van der Waals surface area contributed by atoms with Crippen LogP contribution in [-0.4, -0.2) is 51.8 Å². The molecule has 23 heavy (non-hydrogen) atoms. The summed E-state index contributed by atoms with van der Waals surface area (Å²) in [7, 11) is -0.393. The smallest absolute Gasteiger partial charge is 0.254 e. The molecule has 0 saturated carbocycles. The van der Waals surface area contributed by atoms with Gasteiger partial charge in [0.25, 0.3) is 5.91 Å². The van der Waals surface area contributed by atoms with Crippen LogP contribution in [-0.2, 0) is 19.4 Å². The molecular formula is C16H26N2O4S. The van der Waals surface area contributed by atoms with Crippen molar-refractivity contribution in [1.82, 2.24) is 4.90 Å². The average Bonchev–Trinajstić information content (AvgIpc) is 2.49. The second kappa shape index (κ2) is 8.85. The summed E-state index contributed by atoms with van der Waals surface area (Å²) in [6.45, 7) is 5.36. The monoisotopic (exact) mass is 342 g/mol. The average molecular weight is 342 g/mol. The Balaban J connectivity index is 5.65. The van der Waals surface area contributed by atoms with Gasteiger partial charge in [-0.15, -0.1) is 0 Å². The molecular weight excluding hydrogens is 316 g/mol. The summed E-state index contributed by atoms with van der Waals surface area (Å²) in [5.41, 5.74) is -1.22. The molecule has 0 radical (unpaired) electrons. The second-order valence-electron chi connectivity index (χ2n) is 5.58. The quantitative estimate of drug-likeness (QED) is 0.629. The van der Waals surface area contributed by atoms with Crippen molar-refractivity contribution in [3.8, 4) is 6.07 Å². The summed E-state index contributed by atoms with van der Waals surface area (Å²) < 4.78 is 29.1. The van der Waals surface area contributed by atoms with Gasteiger partial charge in [0, 0.05) is 32.9 Å². The number of nitrogens with zero attached hydrogens (tertiary/aromatic N) is 2. The third kappa shape index (κ3) is 5.81. The number of nitriles is 1. The van der Waals surface area contributed by atoms with Crippen molar-refractivity contribution in [3.05, 3.63) is 23.1 Å². The summed E-state index contributed by atoms with van der Waals surface area (Å²) in [5, 5.41) is 8.63. The molecule has 2 atom stereocenters. The van der Waals surface area contributed by atoms with E-state index in [0.717, 1.165) is 6.26 Å². The Morgan fingerprint density at radius 2 is 2.04 bits per heavy atom. The molecule has 0 rings (SSSR count). The van der Waals surface area contributed by atoms with Gasteiger partial charge in [0.15, 0.2) is 9.84 Å². The molecule has 0 saturated heterocycles. The third-order valence-electron chi connectivity index (χ3n) is 3.80. The highest BCUT2D eigenvalue weighted by Gasteiger charge is 2.40. The van der Waals surface area contributed by atoms with Crippen LogP contribution in [0.25, 0.3) is 0 Å². The first-order valence-corrected chi connectivity index (χ1v) is 9.16. The van der Waals surface area contributed by atoms with Crippen molar-refractivity contribution in [2.75, 3.05) is 27.0 Å². The molecule has 7 heteroatoms. The third-order valence-corrected chi connectivity index (χ3v) is 4.93. The zero-order chi connectivity index (χ0) is 18.3. The predicted molar refractivity (Wildman–Crippen MR) is 90.2 cm³/mol. The second-order valence-corrected chi connectivity index (χ2v) is 7.59. The van der Waals surface area contributed by atoms with Crippen LogP contribution < -0.4 is 0 Å². The maximum Gasteiger partial charge on any atom is 0.254 e. The summed E-state index contributed by atoms with van der Waals surface area (Å²) in [4.78, 5) is 14.2. The van der Waals surface area contributed by atoms with Crippen molar-refractivity contribution in [2.24, 2.45) is 5.92 Å². The van der Waals surface area contributed by atoms with E-state index >= 15 is 0 Å². The number of hydrogen-bond acceptors (Lipinski definition) is 5. The fourth-order valence-corrected chi connectivity index (χ4v) is 2.87. The molecule has 0 aliphatic rings. The van der Waals surface area contributed by atoms with Crippen molar-refractivity contribution in [2.45, 2.75) is 32.8 Å². The Bertz CT molecular complexity index is 616. The molecule has 0 aliphatic carbocycles. The standard InChI is InChI=1S/C16H26N2O4S/c1-7-9-14(23(6,20)21)12-13(2)16(3,22-5)15(19)18(4)11-8-10-17/h7,9,12-13H,8,11H2,1-6H3. The van der Waals surface area contributed by atoms with Gasteiger partial charge >= 0.3 is 0 Å². The number of carbonyl (C=O) groups is 1. The van der Waals surface area contributed by atoms with E-state index in [1.807, 2.05) is 6.07 Å². The molecule has 0 N–H and O–H groups in total. The van der Waals surface area contributed by atoms with Crippen LogP contribution in [0.3, 0.4) is 0 Å². The first-order valence-electron chi connectivity index (χ1n) is 7.26. The summed E-state index contributed by atoms with van der Waals surface area (Å²) in [5.74, 6) is -0.780. The number of hydrogen-bond donors (Lipinski definition) is 0. The minimum atomic E-state index is -3.40. The van der Waals surface area contributed by atoms with Crippen molar-refractivity contribution in [3.63, 3.8) is 0 Å². The lowest BCUT2D eigenvalue weighted by molar-refractivity contribution is -0.155. The minimum absolute atomic E-state index is 0.142. The van der Waals surface area contributed by atoms with Gasteiger partial charge in [-0.3, -0.25) is 4.79 Å². The van der Waals surface area contributed by atoms with E-state index < -0.39 is 21.4 Å². The van der Waals surface area contributed by atoms with Gasteiger partial charge < -0.3 is 9.64 Å². The van der Waals surface area contributed by atoms with Crippen molar-refractivity contribution >= 4 is 15.7 Å². The van der Waals surface area contributed by atoms with E-state index in [0.29, 0.717) is 6.54 Å². The Hall–Kier alpha value is -1.65. The van der Waals surface area contributed by atoms with Crippen LogP contribution in [0.15, 0.2) is 23.1 Å². The molecule has 0 fully saturated rings. The van der Waals surface area contributed by atoms with E-state index in [9.17, 15) is 13.2 Å². The van der Waals surface area contributed by atoms with Crippen LogP contribution >= 0.6 is 0 Å². The highest BCUT2D eigenvalue weighted by atomic mass is 32.2. The number of rotatable bonds is 8. The highest BCUT2D eigenvalue weighted by molar-refractivity contribution is 7.94. The molecule has 1 amide bonds. The fourth-order valence-electron chi connectivity index (χ4n) is 2.04. The van der Waals surface area contributed by atoms with E-state index in [1.165, 1.54) is 24.2 Å². The number of likely N-dealkylation sites (N-methyl/N-ethyl adjacent to an activating group) is 1. The Kier molecular flexibility index (Phi) is 8.21. The number of methoxy groups -OCH3 is 1. The Morgan fingerprint density at radius 3 is 2.43 bits per heavy atom. The van der Waals surface area contributed by atoms with E-state index in [4.69, 9.17) is 10.00 Å². The lowest BCUT2D eigenvalue weighted by atomic mass is 9.88. The van der Waals surface area contributed by atoms with Crippen LogP contribution in [0, 0.1) is 17.2 Å². The maximum absolute atomic E-state index is 12.6. The van der Waals surface area contributed by atoms with Gasteiger partial charge in [0.1, 0.15) is 5.60 Å². The number of amides is 1. The highest BCUT2D eigenvalue weighted by Crippen LogP contribution is 2.27. The summed E-state index contributed by atoms with van der Waals surface area (Å²) in [6.07, 6.45) is 5.99. The molecule has 0 aliphatic heterocycles. The molecule has 0 aromatic rings. The topological polar surface area (TPSA) is 87.5 Å². The van der Waals surface area contributed by atoms with E-state index in [1.54, 1.807) is 33.9 Å². The molecule has 0 aromatic heterocycles. The summed E-state index contributed by atoms with van der Waals surface area (Å²) in [6, 6.07) is 1.99. The SMILES string of the molecule is CC=CC(=CC(C)C(C)(OC)C(=O)N(C)CCC#N)S(C)(=O)=O. The fraction of sp³-hybridized carbons (Fsp3) is 0.625. The van der Waals surface area contributed by atoms with Gasteiger partial charge in [-0.1, -0.05) is 19.1 Å². The minimum Gasteiger partial charge on any atom is -0.368 e. The lowest BCUT2D eigenvalue weighted by Crippen LogP contribution is -2.51. The maximum atomic E-state index is 12.6. The van der Waals surface area contributed by atoms with Gasteiger partial charge in [-0.2, -0.15) is 5.26 Å². The molecule has 130 valence electrons. The van der Waals surface area contributed by atoms with E-state index in [-0.39, 0.29) is 17.2 Å². The normalized spacial score (nSPS) is 16.7. The first-order chi connectivity index (χ1) is 10.5. The van der Waals surface area contributed by atoms with E-state index in [2.05, 4.69) is 0 Å². The van der Waals surface area contributed by atoms with Crippen LogP contribution in [0.1, 0.15) is 27.2 Å². The van der Waals surface area contributed by atoms with Crippen molar-refractivity contribution in [1.29, 1.82) is 5.26 Å². The number of carbonyl (C=O) groups excluding carboxylic acids is 1. The predicted octanol–water partition coefficient (Wildman–Crippen LogP) is 1.90. The first kappa shape index (κ1) is 21.4. The summed E-state index contributed by atoms with van der Waals surface area (Å²) >= 11 is 0. The number of allylic oxidation sites excluding steroid dienone is 2. The number of ether oxygens (including phenoxy) is 1. The van der Waals surface area contributed by atoms with Crippen LogP contribution in [0.2, 0.25) is 0 Å². The zero-order valence-electron chi connectivity index (χ0n) is 14.7. The zero-order valence-corrected chi connectivity index (χ0v) is 15.5. The van der Waals surface area contributed by atoms with Gasteiger partial charge in [-0.25, -0.2) is 8.42 Å². The van der Waals surface area contributed by atoms with Gasteiger partial charge in [0.05, 0.1) is 17.4 Å². The largest absolute Gasteiger partial charge is 0.368 e. The Morgan fingerprint density at radius 1 is 1.48 bits per heavy atom. The number of sulfone groups is 1. The Labute approximate surface area is 139 Å². The molecule has 2 unspecified atom stereocenters. The van der Waals surface area contributed by atoms with Crippen LogP contribution in [0.4, 0.5) is 0 Å². The van der Waals surface area contributed by atoms with Gasteiger partial charge in [-0.05, 0) is 19.9 Å². The molecule has 0 bridgehead atoms. The molecule has 0 aromatic carbocycles. The van der Waals surface area contributed by atoms with Crippen LogP contribution in [0.5, 0.6) is 0 Å².